The van der Waals surface area contributed by atoms with Gasteiger partial charge >= 0.3 is 0 Å². The van der Waals surface area contributed by atoms with Gasteiger partial charge in [-0.15, -0.1) is 0 Å². The fourth-order valence-electron chi connectivity index (χ4n) is 2.76. The molecule has 3 nitrogen and oxygen atoms in total. The molecular formula is C19H18N2O. The van der Waals surface area contributed by atoms with E-state index in [2.05, 4.69) is 43.2 Å². The summed E-state index contributed by atoms with van der Waals surface area (Å²) in [4.78, 5) is 16.6. The summed E-state index contributed by atoms with van der Waals surface area (Å²) in [6.45, 7) is 6.19. The molecule has 0 aromatic heterocycles. The summed E-state index contributed by atoms with van der Waals surface area (Å²) in [5.41, 5.74) is 5.96. The fourth-order valence-corrected chi connectivity index (χ4v) is 2.76. The minimum atomic E-state index is -0.154. The summed E-state index contributed by atoms with van der Waals surface area (Å²) in [5, 5.41) is 2.83. The van der Waals surface area contributed by atoms with E-state index >= 15 is 0 Å². The molecule has 0 saturated heterocycles. The third-order valence-corrected chi connectivity index (χ3v) is 3.76. The van der Waals surface area contributed by atoms with E-state index in [0.717, 1.165) is 22.3 Å². The molecule has 1 heterocycles. The van der Waals surface area contributed by atoms with Crippen molar-refractivity contribution in [3.8, 4) is 0 Å². The predicted molar refractivity (Wildman–Crippen MR) is 89.8 cm³/mol. The molecule has 0 bridgehead atoms. The molecule has 0 fully saturated rings. The number of nitrogens with one attached hydrogen (secondary N) is 1. The van der Waals surface area contributed by atoms with Gasteiger partial charge < -0.3 is 5.32 Å². The third-order valence-electron chi connectivity index (χ3n) is 3.76. The Morgan fingerprint density at radius 3 is 2.27 bits per heavy atom. The Morgan fingerprint density at radius 1 is 1.00 bits per heavy atom. The Balaban J connectivity index is 2.02. The molecule has 1 N–H and O–H groups in total. The van der Waals surface area contributed by atoms with Crippen LogP contribution in [0.2, 0.25) is 0 Å². The number of hydrogen-bond donors (Lipinski definition) is 1. The van der Waals surface area contributed by atoms with Crippen LogP contribution in [0.4, 0.5) is 0 Å². The van der Waals surface area contributed by atoms with Crippen molar-refractivity contribution in [2.24, 2.45) is 4.99 Å². The van der Waals surface area contributed by atoms with Gasteiger partial charge in [0.25, 0.3) is 5.91 Å². The van der Waals surface area contributed by atoms with Gasteiger partial charge in [0.15, 0.2) is 0 Å². The normalized spacial score (nSPS) is 15.9. The largest absolute Gasteiger partial charge is 0.305 e. The quantitative estimate of drug-likeness (QED) is 0.845. The van der Waals surface area contributed by atoms with Crippen LogP contribution < -0.4 is 5.32 Å². The molecule has 1 amide bonds. The van der Waals surface area contributed by atoms with E-state index in [1.54, 1.807) is 0 Å². The monoisotopic (exact) mass is 290 g/mol. The van der Waals surface area contributed by atoms with Crippen molar-refractivity contribution in [3.63, 3.8) is 0 Å². The number of hydrogen-bond acceptors (Lipinski definition) is 2. The van der Waals surface area contributed by atoms with Crippen LogP contribution in [-0.2, 0) is 4.79 Å². The topological polar surface area (TPSA) is 41.5 Å². The molecule has 0 unspecified atom stereocenters. The Labute approximate surface area is 130 Å². The molecule has 0 aliphatic carbocycles. The van der Waals surface area contributed by atoms with Crippen molar-refractivity contribution < 1.29 is 4.79 Å². The number of rotatable bonds is 2. The van der Waals surface area contributed by atoms with Gasteiger partial charge in [0, 0.05) is 5.56 Å². The summed E-state index contributed by atoms with van der Waals surface area (Å²) in [7, 11) is 0. The summed E-state index contributed by atoms with van der Waals surface area (Å²) in [6, 6.07) is 13.9. The smallest absolute Gasteiger partial charge is 0.275 e. The maximum atomic E-state index is 12.2. The standard InChI is InChI=1S/C19H18N2O/c1-12-9-13(2)16(14(3)10-12)11-17-19(22)21-18(20-17)15-7-5-4-6-8-15/h4-11H,1-3H3,(H,20,21,22)/b17-11-. The first-order valence-corrected chi connectivity index (χ1v) is 7.29. The minimum absolute atomic E-state index is 0.154. The van der Waals surface area contributed by atoms with Crippen LogP contribution in [0, 0.1) is 20.8 Å². The lowest BCUT2D eigenvalue weighted by molar-refractivity contribution is -0.115. The zero-order valence-corrected chi connectivity index (χ0v) is 13.0. The zero-order valence-electron chi connectivity index (χ0n) is 13.0. The molecule has 22 heavy (non-hydrogen) atoms. The number of amidine groups is 1. The van der Waals surface area contributed by atoms with E-state index in [1.807, 2.05) is 36.4 Å². The first-order valence-electron chi connectivity index (χ1n) is 7.29. The molecule has 0 atom stereocenters. The third kappa shape index (κ3) is 2.70. The number of aliphatic imine (C=N–C) groups is 1. The number of carbonyl (C=O) groups is 1. The van der Waals surface area contributed by atoms with Crippen molar-refractivity contribution in [2.75, 3.05) is 0 Å². The molecule has 1 aliphatic heterocycles. The van der Waals surface area contributed by atoms with Crippen LogP contribution in [0.5, 0.6) is 0 Å². The molecule has 3 heteroatoms. The Kier molecular flexibility index (Phi) is 3.63. The van der Waals surface area contributed by atoms with Gasteiger partial charge in [-0.3, -0.25) is 4.79 Å². The average Bonchev–Trinajstić information content (AvgIpc) is 2.85. The maximum absolute atomic E-state index is 12.2. The van der Waals surface area contributed by atoms with Crippen molar-refractivity contribution in [3.05, 3.63) is 76.0 Å². The zero-order chi connectivity index (χ0) is 15.7. The molecule has 2 aromatic rings. The molecule has 3 rings (SSSR count). The van der Waals surface area contributed by atoms with E-state index in [-0.39, 0.29) is 5.91 Å². The summed E-state index contributed by atoms with van der Waals surface area (Å²) in [5.74, 6) is 0.456. The highest BCUT2D eigenvalue weighted by atomic mass is 16.2. The van der Waals surface area contributed by atoms with E-state index in [9.17, 15) is 4.79 Å². The van der Waals surface area contributed by atoms with Gasteiger partial charge in [-0.1, -0.05) is 48.0 Å². The Hall–Kier alpha value is -2.68. The van der Waals surface area contributed by atoms with Crippen molar-refractivity contribution in [1.82, 2.24) is 5.32 Å². The summed E-state index contributed by atoms with van der Waals surface area (Å²) >= 11 is 0. The summed E-state index contributed by atoms with van der Waals surface area (Å²) < 4.78 is 0. The van der Waals surface area contributed by atoms with Crippen LogP contribution in [0.25, 0.3) is 6.08 Å². The van der Waals surface area contributed by atoms with Gasteiger partial charge in [0.1, 0.15) is 11.5 Å². The molecule has 0 saturated carbocycles. The minimum Gasteiger partial charge on any atom is -0.305 e. The highest BCUT2D eigenvalue weighted by molar-refractivity contribution is 6.19. The van der Waals surface area contributed by atoms with Crippen molar-refractivity contribution >= 4 is 17.8 Å². The van der Waals surface area contributed by atoms with Crippen LogP contribution in [0.3, 0.4) is 0 Å². The molecule has 1 aliphatic rings. The number of amides is 1. The van der Waals surface area contributed by atoms with Crippen molar-refractivity contribution in [1.29, 1.82) is 0 Å². The molecule has 110 valence electrons. The highest BCUT2D eigenvalue weighted by Crippen LogP contribution is 2.21. The SMILES string of the molecule is Cc1cc(C)c(/C=C2\N=C(c3ccccc3)NC2=O)c(C)c1. The van der Waals surface area contributed by atoms with E-state index in [4.69, 9.17) is 0 Å². The number of aryl methyl sites for hydroxylation is 3. The van der Waals surface area contributed by atoms with E-state index < -0.39 is 0 Å². The number of benzene rings is 2. The van der Waals surface area contributed by atoms with Crippen LogP contribution in [0.1, 0.15) is 27.8 Å². The Bertz CT molecular complexity index is 778. The number of carbonyl (C=O) groups excluding carboxylic acids is 1. The fraction of sp³-hybridized carbons (Fsp3) is 0.158. The lowest BCUT2D eigenvalue weighted by atomic mass is 9.99. The van der Waals surface area contributed by atoms with Gasteiger partial charge in [-0.25, -0.2) is 4.99 Å². The maximum Gasteiger partial charge on any atom is 0.275 e. The highest BCUT2D eigenvalue weighted by Gasteiger charge is 2.21. The second-order valence-electron chi connectivity index (χ2n) is 5.62. The molecule has 0 spiro atoms. The first-order chi connectivity index (χ1) is 10.5. The second-order valence-corrected chi connectivity index (χ2v) is 5.62. The van der Waals surface area contributed by atoms with Crippen LogP contribution >= 0.6 is 0 Å². The number of nitrogens with zero attached hydrogens (tertiary/aromatic N) is 1. The van der Waals surface area contributed by atoms with Gasteiger partial charge in [0.05, 0.1) is 0 Å². The van der Waals surface area contributed by atoms with E-state index in [0.29, 0.717) is 11.5 Å². The van der Waals surface area contributed by atoms with Crippen LogP contribution in [0.15, 0.2) is 53.2 Å². The van der Waals surface area contributed by atoms with Crippen molar-refractivity contribution in [2.45, 2.75) is 20.8 Å². The predicted octanol–water partition coefficient (Wildman–Crippen LogP) is 3.53. The van der Waals surface area contributed by atoms with Gasteiger partial charge in [0.2, 0.25) is 0 Å². The second kappa shape index (κ2) is 5.60. The summed E-state index contributed by atoms with van der Waals surface area (Å²) in [6.07, 6.45) is 1.87. The first kappa shape index (κ1) is 14.3. The van der Waals surface area contributed by atoms with E-state index in [1.165, 1.54) is 5.56 Å². The molecular weight excluding hydrogens is 272 g/mol. The lowest BCUT2D eigenvalue weighted by Gasteiger charge is -2.07. The Morgan fingerprint density at radius 2 is 1.64 bits per heavy atom. The molecule has 2 aromatic carbocycles. The molecule has 0 radical (unpaired) electrons. The van der Waals surface area contributed by atoms with Gasteiger partial charge in [-0.05, 0) is 43.5 Å². The van der Waals surface area contributed by atoms with Crippen LogP contribution in [-0.4, -0.2) is 11.7 Å². The van der Waals surface area contributed by atoms with Gasteiger partial charge in [-0.2, -0.15) is 0 Å². The average molecular weight is 290 g/mol. The lowest BCUT2D eigenvalue weighted by Crippen LogP contribution is -2.24.